The molecule has 3 N–H and O–H groups in total. The van der Waals surface area contributed by atoms with Gasteiger partial charge in [-0.25, -0.2) is 23.1 Å². The molecule has 136 valence electrons. The van der Waals surface area contributed by atoms with E-state index in [1.165, 1.54) is 18.3 Å². The van der Waals surface area contributed by atoms with Crippen LogP contribution in [0.3, 0.4) is 0 Å². The Kier molecular flexibility index (Phi) is 3.95. The topological polar surface area (TPSA) is 73.8 Å². The molecule has 2 heterocycles. The first kappa shape index (κ1) is 16.9. The summed E-state index contributed by atoms with van der Waals surface area (Å²) in [6.07, 6.45) is 1.38. The van der Waals surface area contributed by atoms with Crippen LogP contribution in [0.2, 0.25) is 0 Å². The lowest BCUT2D eigenvalue weighted by molar-refractivity contribution is 0.463. The smallest absolute Gasteiger partial charge is 0.201 e. The minimum absolute atomic E-state index is 0.0830. The van der Waals surface area contributed by atoms with Gasteiger partial charge in [0.1, 0.15) is 28.7 Å². The third kappa shape index (κ3) is 2.95. The van der Waals surface area contributed by atoms with Crippen LogP contribution >= 0.6 is 0 Å². The number of benzene rings is 2. The number of aromatic nitrogens is 3. The van der Waals surface area contributed by atoms with Gasteiger partial charge in [-0.15, -0.1) is 0 Å². The molecule has 0 aliphatic heterocycles. The Hall–Kier alpha value is -3.55. The predicted octanol–water partition coefficient (Wildman–Crippen LogP) is 4.80. The van der Waals surface area contributed by atoms with Crippen molar-refractivity contribution in [1.82, 2.24) is 15.0 Å². The number of anilines is 2. The molecule has 0 aliphatic rings. The number of hydrogen-bond acceptors (Lipinski definition) is 4. The third-order valence-corrected chi connectivity index (χ3v) is 4.14. The maximum absolute atomic E-state index is 14.2. The molecule has 0 unspecified atom stereocenters. The molecule has 8 heteroatoms. The van der Waals surface area contributed by atoms with E-state index in [9.17, 15) is 18.3 Å². The summed E-state index contributed by atoms with van der Waals surface area (Å²) in [4.78, 5) is 10.9. The summed E-state index contributed by atoms with van der Waals surface area (Å²) in [7, 11) is 0. The highest BCUT2D eigenvalue weighted by molar-refractivity contribution is 5.96. The van der Waals surface area contributed by atoms with Crippen molar-refractivity contribution in [1.29, 1.82) is 0 Å². The van der Waals surface area contributed by atoms with Crippen molar-refractivity contribution in [3.8, 4) is 17.3 Å². The number of fused-ring (bicyclic) bond motifs is 1. The summed E-state index contributed by atoms with van der Waals surface area (Å²) < 4.78 is 42.1. The predicted molar refractivity (Wildman–Crippen MR) is 95.3 cm³/mol. The quantitative estimate of drug-likeness (QED) is 0.484. The monoisotopic (exact) mass is 370 g/mol. The number of H-pyrrole nitrogens is 1. The van der Waals surface area contributed by atoms with Crippen molar-refractivity contribution >= 4 is 22.4 Å². The second-order valence-corrected chi connectivity index (χ2v) is 5.98. The Labute approximate surface area is 151 Å². The average molecular weight is 370 g/mol. The molecule has 27 heavy (non-hydrogen) atoms. The lowest BCUT2D eigenvalue weighted by atomic mass is 10.1. The second-order valence-electron chi connectivity index (χ2n) is 5.98. The van der Waals surface area contributed by atoms with Gasteiger partial charge in [-0.1, -0.05) is 12.1 Å². The van der Waals surface area contributed by atoms with Gasteiger partial charge in [-0.2, -0.15) is 0 Å². The van der Waals surface area contributed by atoms with Crippen LogP contribution in [-0.2, 0) is 0 Å². The zero-order chi connectivity index (χ0) is 19.1. The molecule has 0 aliphatic carbocycles. The standard InChI is InChI=1S/C19H13F3N4O/c1-9-5-6-10(7-13(9)22)24-18-16-14(8-23-19(16)27)25-17(26-18)15-11(20)3-2-4-12(15)21/h2-8,23,27H,1H3,(H,24,25,26). The van der Waals surface area contributed by atoms with E-state index in [1.807, 2.05) is 0 Å². The molecule has 0 saturated carbocycles. The summed E-state index contributed by atoms with van der Waals surface area (Å²) in [5.74, 6) is -2.40. The third-order valence-electron chi connectivity index (χ3n) is 4.14. The van der Waals surface area contributed by atoms with E-state index < -0.39 is 23.0 Å². The Morgan fingerprint density at radius 3 is 2.44 bits per heavy atom. The molecule has 4 rings (SSSR count). The van der Waals surface area contributed by atoms with Crippen molar-refractivity contribution in [2.24, 2.45) is 0 Å². The Balaban J connectivity index is 1.90. The van der Waals surface area contributed by atoms with Gasteiger partial charge < -0.3 is 15.4 Å². The zero-order valence-electron chi connectivity index (χ0n) is 14.0. The molecule has 4 aromatic rings. The molecule has 5 nitrogen and oxygen atoms in total. The van der Waals surface area contributed by atoms with E-state index in [-0.39, 0.29) is 28.4 Å². The molecule has 0 radical (unpaired) electrons. The summed E-state index contributed by atoms with van der Waals surface area (Å²) in [6, 6.07) is 7.90. The van der Waals surface area contributed by atoms with Crippen LogP contribution in [0, 0.1) is 24.4 Å². The number of aromatic amines is 1. The van der Waals surface area contributed by atoms with Gasteiger partial charge >= 0.3 is 0 Å². The lowest BCUT2D eigenvalue weighted by Gasteiger charge is -2.11. The van der Waals surface area contributed by atoms with Crippen molar-refractivity contribution in [2.45, 2.75) is 6.92 Å². The molecule has 2 aromatic carbocycles. The SMILES string of the molecule is Cc1ccc(Nc2nc(-c3c(F)cccc3F)nc3c[nH]c(O)c23)cc1F. The van der Waals surface area contributed by atoms with Crippen molar-refractivity contribution < 1.29 is 18.3 Å². The van der Waals surface area contributed by atoms with Gasteiger partial charge in [0.25, 0.3) is 0 Å². The Bertz CT molecular complexity index is 1150. The van der Waals surface area contributed by atoms with Crippen LogP contribution in [0.1, 0.15) is 5.56 Å². The number of nitrogens with zero attached hydrogens (tertiary/aromatic N) is 2. The maximum atomic E-state index is 14.2. The largest absolute Gasteiger partial charge is 0.494 e. The van der Waals surface area contributed by atoms with Gasteiger partial charge in [0.15, 0.2) is 5.82 Å². The number of rotatable bonds is 3. The number of nitrogens with one attached hydrogen (secondary N) is 2. The Morgan fingerprint density at radius 1 is 1.00 bits per heavy atom. The van der Waals surface area contributed by atoms with Crippen LogP contribution in [0.4, 0.5) is 24.7 Å². The fraction of sp³-hybridized carbons (Fsp3) is 0.0526. The lowest BCUT2D eigenvalue weighted by Crippen LogP contribution is -2.01. The average Bonchev–Trinajstić information content (AvgIpc) is 2.99. The molecule has 0 saturated heterocycles. The van der Waals surface area contributed by atoms with E-state index in [0.717, 1.165) is 12.1 Å². The molecular weight excluding hydrogens is 357 g/mol. The molecule has 0 bridgehead atoms. The highest BCUT2D eigenvalue weighted by atomic mass is 19.1. The van der Waals surface area contributed by atoms with Crippen LogP contribution in [0.25, 0.3) is 22.3 Å². The maximum Gasteiger partial charge on any atom is 0.201 e. The van der Waals surface area contributed by atoms with Crippen LogP contribution in [0.15, 0.2) is 42.6 Å². The minimum atomic E-state index is -0.818. The molecule has 0 spiro atoms. The molecule has 2 aromatic heterocycles. The van der Waals surface area contributed by atoms with Gasteiger partial charge in [0, 0.05) is 11.9 Å². The number of hydrogen-bond donors (Lipinski definition) is 3. The fourth-order valence-corrected chi connectivity index (χ4v) is 2.75. The highest BCUT2D eigenvalue weighted by Gasteiger charge is 2.19. The van der Waals surface area contributed by atoms with E-state index in [0.29, 0.717) is 11.3 Å². The summed E-state index contributed by atoms with van der Waals surface area (Å²) >= 11 is 0. The summed E-state index contributed by atoms with van der Waals surface area (Å²) in [5, 5.41) is 13.1. The van der Waals surface area contributed by atoms with Crippen LogP contribution in [-0.4, -0.2) is 20.1 Å². The zero-order valence-corrected chi connectivity index (χ0v) is 14.0. The first-order valence-corrected chi connectivity index (χ1v) is 7.99. The minimum Gasteiger partial charge on any atom is -0.494 e. The summed E-state index contributed by atoms with van der Waals surface area (Å²) in [5.41, 5.74) is 0.680. The Morgan fingerprint density at radius 2 is 1.74 bits per heavy atom. The van der Waals surface area contributed by atoms with Gasteiger partial charge in [-0.3, -0.25) is 0 Å². The van der Waals surface area contributed by atoms with Crippen molar-refractivity contribution in [3.05, 3.63) is 65.6 Å². The van der Waals surface area contributed by atoms with Crippen molar-refractivity contribution in [2.75, 3.05) is 5.32 Å². The second kappa shape index (κ2) is 6.31. The first-order chi connectivity index (χ1) is 12.9. The number of aryl methyl sites for hydroxylation is 1. The van der Waals surface area contributed by atoms with Gasteiger partial charge in [0.2, 0.25) is 5.88 Å². The van der Waals surface area contributed by atoms with E-state index >= 15 is 0 Å². The molecule has 0 atom stereocenters. The van der Waals surface area contributed by atoms with E-state index in [1.54, 1.807) is 19.1 Å². The van der Waals surface area contributed by atoms with E-state index in [4.69, 9.17) is 0 Å². The summed E-state index contributed by atoms with van der Waals surface area (Å²) in [6.45, 7) is 1.62. The van der Waals surface area contributed by atoms with Crippen molar-refractivity contribution in [3.63, 3.8) is 0 Å². The van der Waals surface area contributed by atoms with Crippen LogP contribution < -0.4 is 5.32 Å². The first-order valence-electron chi connectivity index (χ1n) is 7.99. The normalized spacial score (nSPS) is 11.1. The molecule has 0 amide bonds. The number of halogens is 3. The molecular formula is C19H13F3N4O. The van der Waals surface area contributed by atoms with Crippen LogP contribution in [0.5, 0.6) is 5.88 Å². The van der Waals surface area contributed by atoms with Gasteiger partial charge in [0.05, 0.1) is 11.1 Å². The van der Waals surface area contributed by atoms with Gasteiger partial charge in [-0.05, 0) is 36.8 Å². The van der Waals surface area contributed by atoms with E-state index in [2.05, 4.69) is 20.3 Å². The highest BCUT2D eigenvalue weighted by Crippen LogP contribution is 2.34. The molecule has 0 fully saturated rings. The number of aromatic hydroxyl groups is 1. The fourth-order valence-electron chi connectivity index (χ4n) is 2.75.